The van der Waals surface area contributed by atoms with Crippen LogP contribution in [0.25, 0.3) is 6.08 Å². The van der Waals surface area contributed by atoms with Crippen LogP contribution < -0.4 is 0 Å². The molecule has 0 N–H and O–H groups in total. The lowest BCUT2D eigenvalue weighted by atomic mass is 9.94. The molecule has 0 fully saturated rings. The minimum absolute atomic E-state index is 0.0422. The van der Waals surface area contributed by atoms with Gasteiger partial charge in [0.1, 0.15) is 6.10 Å². The van der Waals surface area contributed by atoms with Gasteiger partial charge in [-0.3, -0.25) is 4.79 Å². The van der Waals surface area contributed by atoms with Crippen LogP contribution in [0.4, 0.5) is 0 Å². The Morgan fingerprint density at radius 2 is 2.08 bits per heavy atom. The maximum absolute atomic E-state index is 11.7. The summed E-state index contributed by atoms with van der Waals surface area (Å²) < 4.78 is 5.02. The van der Waals surface area contributed by atoms with E-state index in [1.165, 1.54) is 0 Å². The molecule has 2 heteroatoms. The molecule has 1 unspecified atom stereocenters. The monoisotopic (exact) mass is 174 g/mol. The molecular formula is C11H10O2. The molecule has 0 radical (unpaired) electrons. The molecule has 66 valence electrons. The summed E-state index contributed by atoms with van der Waals surface area (Å²) in [5.41, 5.74) is 1.72. The van der Waals surface area contributed by atoms with Crippen LogP contribution in [0.1, 0.15) is 15.9 Å². The first-order valence-electron chi connectivity index (χ1n) is 4.17. The van der Waals surface area contributed by atoms with Gasteiger partial charge in [-0.1, -0.05) is 30.3 Å². The predicted octanol–water partition coefficient (Wildman–Crippen LogP) is 1.91. The molecule has 0 heterocycles. The minimum atomic E-state index is -0.408. The van der Waals surface area contributed by atoms with E-state index in [1.807, 2.05) is 30.3 Å². The standard InChI is InChI=1S/C11H10O2/c1-13-10-7-6-8-4-2-3-5-9(8)11(10)12/h2-7,10H,1H3. The van der Waals surface area contributed by atoms with Gasteiger partial charge in [-0.25, -0.2) is 0 Å². The molecule has 0 saturated carbocycles. The molecule has 1 aromatic rings. The molecule has 0 amide bonds. The molecule has 2 rings (SSSR count). The molecule has 13 heavy (non-hydrogen) atoms. The third-order valence-corrected chi connectivity index (χ3v) is 2.19. The summed E-state index contributed by atoms with van der Waals surface area (Å²) in [7, 11) is 1.54. The van der Waals surface area contributed by atoms with Crippen molar-refractivity contribution in [3.05, 3.63) is 41.5 Å². The van der Waals surface area contributed by atoms with Crippen molar-refractivity contribution in [1.29, 1.82) is 0 Å². The van der Waals surface area contributed by atoms with E-state index in [0.717, 1.165) is 11.1 Å². The van der Waals surface area contributed by atoms with E-state index in [2.05, 4.69) is 0 Å². The zero-order valence-electron chi connectivity index (χ0n) is 7.36. The van der Waals surface area contributed by atoms with Crippen LogP contribution >= 0.6 is 0 Å². The molecule has 0 aromatic heterocycles. The average Bonchev–Trinajstić information content (AvgIpc) is 2.19. The van der Waals surface area contributed by atoms with Crippen LogP contribution in [0.5, 0.6) is 0 Å². The van der Waals surface area contributed by atoms with E-state index in [9.17, 15) is 4.79 Å². The lowest BCUT2D eigenvalue weighted by Gasteiger charge is -2.16. The predicted molar refractivity (Wildman–Crippen MR) is 50.6 cm³/mol. The van der Waals surface area contributed by atoms with E-state index >= 15 is 0 Å². The Kier molecular flexibility index (Phi) is 1.99. The van der Waals surface area contributed by atoms with Crippen LogP contribution in [0, 0.1) is 0 Å². The molecule has 1 aliphatic carbocycles. The van der Waals surface area contributed by atoms with Crippen molar-refractivity contribution in [2.75, 3.05) is 7.11 Å². The number of fused-ring (bicyclic) bond motifs is 1. The number of carbonyl (C=O) groups excluding carboxylic acids is 1. The Balaban J connectivity index is 2.48. The van der Waals surface area contributed by atoms with Crippen LogP contribution in [0.3, 0.4) is 0 Å². The molecule has 1 atom stereocenters. The van der Waals surface area contributed by atoms with Gasteiger partial charge in [0.2, 0.25) is 0 Å². The average molecular weight is 174 g/mol. The topological polar surface area (TPSA) is 26.3 Å². The fourth-order valence-corrected chi connectivity index (χ4v) is 1.48. The van der Waals surface area contributed by atoms with E-state index < -0.39 is 6.10 Å². The molecule has 0 aliphatic heterocycles. The van der Waals surface area contributed by atoms with Gasteiger partial charge in [-0.2, -0.15) is 0 Å². The van der Waals surface area contributed by atoms with Gasteiger partial charge in [0.25, 0.3) is 0 Å². The van der Waals surface area contributed by atoms with Gasteiger partial charge >= 0.3 is 0 Å². The van der Waals surface area contributed by atoms with E-state index in [-0.39, 0.29) is 5.78 Å². The summed E-state index contributed by atoms with van der Waals surface area (Å²) in [6.45, 7) is 0. The SMILES string of the molecule is COC1C=Cc2ccccc2C1=O. The molecule has 1 aromatic carbocycles. The van der Waals surface area contributed by atoms with Crippen molar-refractivity contribution in [1.82, 2.24) is 0 Å². The Bertz CT molecular complexity index is 366. The van der Waals surface area contributed by atoms with Crippen molar-refractivity contribution in [3.63, 3.8) is 0 Å². The molecule has 0 spiro atoms. The highest BCUT2D eigenvalue weighted by atomic mass is 16.5. The lowest BCUT2D eigenvalue weighted by Crippen LogP contribution is -2.23. The summed E-state index contributed by atoms with van der Waals surface area (Å²) in [5.74, 6) is 0.0422. The number of hydrogen-bond donors (Lipinski definition) is 0. The Hall–Kier alpha value is -1.41. The largest absolute Gasteiger partial charge is 0.369 e. The maximum atomic E-state index is 11.7. The first-order chi connectivity index (χ1) is 6.33. The zero-order chi connectivity index (χ0) is 9.26. The van der Waals surface area contributed by atoms with Gasteiger partial charge in [-0.05, 0) is 11.6 Å². The van der Waals surface area contributed by atoms with Gasteiger partial charge < -0.3 is 4.74 Å². The Morgan fingerprint density at radius 3 is 2.85 bits per heavy atom. The highest BCUT2D eigenvalue weighted by molar-refractivity contribution is 6.06. The van der Waals surface area contributed by atoms with E-state index in [1.54, 1.807) is 13.2 Å². The highest BCUT2D eigenvalue weighted by Crippen LogP contribution is 2.19. The fraction of sp³-hybridized carbons (Fsp3) is 0.182. The summed E-state index contributed by atoms with van der Waals surface area (Å²) in [4.78, 5) is 11.7. The number of hydrogen-bond acceptors (Lipinski definition) is 2. The number of rotatable bonds is 1. The maximum Gasteiger partial charge on any atom is 0.196 e. The van der Waals surface area contributed by atoms with Gasteiger partial charge in [-0.15, -0.1) is 0 Å². The van der Waals surface area contributed by atoms with Crippen molar-refractivity contribution >= 4 is 11.9 Å². The summed E-state index contributed by atoms with van der Waals surface area (Å²) in [6.07, 6.45) is 3.30. The third kappa shape index (κ3) is 1.29. The fourth-order valence-electron chi connectivity index (χ4n) is 1.48. The lowest BCUT2D eigenvalue weighted by molar-refractivity contribution is 0.0717. The van der Waals surface area contributed by atoms with E-state index in [4.69, 9.17) is 4.74 Å². The van der Waals surface area contributed by atoms with Crippen molar-refractivity contribution in [3.8, 4) is 0 Å². The number of benzene rings is 1. The molecular weight excluding hydrogens is 164 g/mol. The summed E-state index contributed by atoms with van der Waals surface area (Å²) in [6, 6.07) is 7.54. The third-order valence-electron chi connectivity index (χ3n) is 2.19. The van der Waals surface area contributed by atoms with Gasteiger partial charge in [0.15, 0.2) is 5.78 Å². The van der Waals surface area contributed by atoms with Crippen molar-refractivity contribution in [2.45, 2.75) is 6.10 Å². The number of ketones is 1. The first kappa shape index (κ1) is 8.20. The molecule has 0 saturated heterocycles. The number of Topliss-reactive ketones (excluding diaryl/α,β-unsaturated/α-hetero) is 1. The Morgan fingerprint density at radius 1 is 1.31 bits per heavy atom. The van der Waals surface area contributed by atoms with Gasteiger partial charge in [0, 0.05) is 12.7 Å². The second kappa shape index (κ2) is 3.15. The van der Waals surface area contributed by atoms with Crippen LogP contribution in [0.2, 0.25) is 0 Å². The van der Waals surface area contributed by atoms with Crippen LogP contribution in [0.15, 0.2) is 30.3 Å². The molecule has 0 bridgehead atoms. The Labute approximate surface area is 76.8 Å². The second-order valence-corrected chi connectivity index (χ2v) is 2.97. The quantitative estimate of drug-likeness (QED) is 0.650. The zero-order valence-corrected chi connectivity index (χ0v) is 7.36. The van der Waals surface area contributed by atoms with Crippen molar-refractivity contribution in [2.24, 2.45) is 0 Å². The summed E-state index contributed by atoms with van der Waals surface area (Å²) in [5, 5.41) is 0. The first-order valence-corrected chi connectivity index (χ1v) is 4.17. The number of carbonyl (C=O) groups is 1. The number of methoxy groups -OCH3 is 1. The normalized spacial score (nSPS) is 20.1. The highest BCUT2D eigenvalue weighted by Gasteiger charge is 2.21. The van der Waals surface area contributed by atoms with Crippen LogP contribution in [-0.2, 0) is 4.74 Å². The number of ether oxygens (including phenoxy) is 1. The van der Waals surface area contributed by atoms with Crippen LogP contribution in [-0.4, -0.2) is 19.0 Å². The van der Waals surface area contributed by atoms with Gasteiger partial charge in [0.05, 0.1) is 0 Å². The smallest absolute Gasteiger partial charge is 0.196 e. The second-order valence-electron chi connectivity index (χ2n) is 2.97. The molecule has 1 aliphatic rings. The van der Waals surface area contributed by atoms with Crippen molar-refractivity contribution < 1.29 is 9.53 Å². The summed E-state index contributed by atoms with van der Waals surface area (Å²) >= 11 is 0. The molecule has 2 nitrogen and oxygen atoms in total. The van der Waals surface area contributed by atoms with E-state index in [0.29, 0.717) is 0 Å². The minimum Gasteiger partial charge on any atom is -0.369 e.